The van der Waals surface area contributed by atoms with Gasteiger partial charge in [-0.15, -0.1) is 0 Å². The number of nitrogens with zero attached hydrogens (tertiary/aromatic N) is 1. The first kappa shape index (κ1) is 12.4. The minimum atomic E-state index is 0.474. The van der Waals surface area contributed by atoms with E-state index >= 15 is 0 Å². The zero-order valence-corrected chi connectivity index (χ0v) is 11.1. The van der Waals surface area contributed by atoms with Crippen molar-refractivity contribution in [2.45, 2.75) is 39.2 Å². The monoisotopic (exact) mass is 233 g/mol. The molecule has 0 heterocycles. The van der Waals surface area contributed by atoms with E-state index in [9.17, 15) is 5.11 Å². The summed E-state index contributed by atoms with van der Waals surface area (Å²) in [4.78, 5) is 2.44. The molecule has 0 fully saturated rings. The highest BCUT2D eigenvalue weighted by molar-refractivity contribution is 5.44. The number of fused-ring (bicyclic) bond motifs is 1. The summed E-state index contributed by atoms with van der Waals surface area (Å²) in [6.07, 6.45) is 3.39. The maximum absolute atomic E-state index is 9.83. The van der Waals surface area contributed by atoms with Crippen molar-refractivity contribution in [2.24, 2.45) is 5.92 Å². The van der Waals surface area contributed by atoms with E-state index in [1.54, 1.807) is 6.07 Å². The minimum absolute atomic E-state index is 0.474. The van der Waals surface area contributed by atoms with E-state index in [4.69, 9.17) is 0 Å². The molecular weight excluding hydrogens is 210 g/mol. The third kappa shape index (κ3) is 2.63. The molecule has 2 nitrogen and oxygen atoms in total. The SMILES string of the molecule is CC(C)CCN(C)C1CCc2c(O)cccc21. The molecule has 94 valence electrons. The topological polar surface area (TPSA) is 23.5 Å². The second-order valence-corrected chi connectivity index (χ2v) is 5.56. The number of aromatic hydroxyl groups is 1. The van der Waals surface area contributed by atoms with Crippen molar-refractivity contribution in [1.82, 2.24) is 4.90 Å². The highest BCUT2D eigenvalue weighted by Crippen LogP contribution is 2.39. The second kappa shape index (κ2) is 5.09. The van der Waals surface area contributed by atoms with Crippen molar-refractivity contribution in [1.29, 1.82) is 0 Å². The molecule has 1 unspecified atom stereocenters. The normalized spacial score (nSPS) is 19.0. The van der Waals surface area contributed by atoms with Crippen LogP contribution in [0.5, 0.6) is 5.75 Å². The average Bonchev–Trinajstić information content (AvgIpc) is 2.71. The molecule has 17 heavy (non-hydrogen) atoms. The maximum Gasteiger partial charge on any atom is 0.119 e. The maximum atomic E-state index is 9.83. The molecule has 1 aliphatic rings. The molecule has 2 heteroatoms. The Labute approximate surface area is 104 Å². The van der Waals surface area contributed by atoms with Gasteiger partial charge in [0.25, 0.3) is 0 Å². The van der Waals surface area contributed by atoms with Gasteiger partial charge in [0, 0.05) is 6.04 Å². The zero-order chi connectivity index (χ0) is 12.4. The molecular formula is C15H23NO. The molecule has 0 amide bonds. The molecule has 2 rings (SSSR count). The fourth-order valence-corrected chi connectivity index (χ4v) is 2.69. The van der Waals surface area contributed by atoms with E-state index in [-0.39, 0.29) is 0 Å². The van der Waals surface area contributed by atoms with Gasteiger partial charge in [-0.2, -0.15) is 0 Å². The molecule has 0 aromatic heterocycles. The molecule has 0 saturated carbocycles. The van der Waals surface area contributed by atoms with Gasteiger partial charge in [-0.05, 0) is 56.0 Å². The molecule has 0 aliphatic heterocycles. The molecule has 0 bridgehead atoms. The molecule has 1 atom stereocenters. The van der Waals surface area contributed by atoms with Crippen LogP contribution in [0.3, 0.4) is 0 Å². The van der Waals surface area contributed by atoms with Gasteiger partial charge in [-0.1, -0.05) is 26.0 Å². The molecule has 0 spiro atoms. The summed E-state index contributed by atoms with van der Waals surface area (Å²) in [5.74, 6) is 1.23. The first-order valence-corrected chi connectivity index (χ1v) is 6.60. The van der Waals surface area contributed by atoms with E-state index in [2.05, 4.69) is 31.9 Å². The van der Waals surface area contributed by atoms with Crippen LogP contribution in [0.1, 0.15) is 43.9 Å². The van der Waals surface area contributed by atoms with Gasteiger partial charge in [0.15, 0.2) is 0 Å². The highest BCUT2D eigenvalue weighted by atomic mass is 16.3. The van der Waals surface area contributed by atoms with Gasteiger partial charge in [-0.3, -0.25) is 4.90 Å². The van der Waals surface area contributed by atoms with E-state index in [0.29, 0.717) is 11.8 Å². The van der Waals surface area contributed by atoms with Crippen LogP contribution in [0.25, 0.3) is 0 Å². The Balaban J connectivity index is 2.08. The molecule has 0 saturated heterocycles. The van der Waals surface area contributed by atoms with E-state index < -0.39 is 0 Å². The number of phenolic OH excluding ortho intramolecular Hbond substituents is 1. The molecule has 1 aromatic carbocycles. The second-order valence-electron chi connectivity index (χ2n) is 5.56. The standard InChI is InChI=1S/C15H23NO/c1-11(2)9-10-16(3)14-8-7-13-12(14)5-4-6-15(13)17/h4-6,11,14,17H,7-10H2,1-3H3. The largest absolute Gasteiger partial charge is 0.508 e. The molecule has 1 N–H and O–H groups in total. The van der Waals surface area contributed by atoms with Gasteiger partial charge in [0.2, 0.25) is 0 Å². The third-order valence-electron chi connectivity index (χ3n) is 3.81. The summed E-state index contributed by atoms with van der Waals surface area (Å²) >= 11 is 0. The Morgan fingerprint density at radius 3 is 2.88 bits per heavy atom. The van der Waals surface area contributed by atoms with Gasteiger partial charge in [0.05, 0.1) is 0 Å². The van der Waals surface area contributed by atoms with Crippen LogP contribution >= 0.6 is 0 Å². The van der Waals surface area contributed by atoms with Crippen LogP contribution < -0.4 is 0 Å². The lowest BCUT2D eigenvalue weighted by atomic mass is 10.1. The zero-order valence-electron chi connectivity index (χ0n) is 11.1. The average molecular weight is 233 g/mol. The first-order valence-electron chi connectivity index (χ1n) is 6.60. The Hall–Kier alpha value is -1.02. The van der Waals surface area contributed by atoms with Crippen LogP contribution in [0.2, 0.25) is 0 Å². The number of benzene rings is 1. The van der Waals surface area contributed by atoms with E-state index in [0.717, 1.165) is 30.9 Å². The fraction of sp³-hybridized carbons (Fsp3) is 0.600. The van der Waals surface area contributed by atoms with Crippen molar-refractivity contribution in [3.8, 4) is 5.75 Å². The summed E-state index contributed by atoms with van der Waals surface area (Å²) < 4.78 is 0. The van der Waals surface area contributed by atoms with Gasteiger partial charge >= 0.3 is 0 Å². The van der Waals surface area contributed by atoms with Crippen LogP contribution in [-0.4, -0.2) is 23.6 Å². The van der Waals surface area contributed by atoms with Crippen LogP contribution in [0, 0.1) is 5.92 Å². The Kier molecular flexibility index (Phi) is 3.72. The van der Waals surface area contributed by atoms with Crippen LogP contribution in [0.15, 0.2) is 18.2 Å². The molecule has 0 radical (unpaired) electrons. The number of hydrogen-bond donors (Lipinski definition) is 1. The van der Waals surface area contributed by atoms with Crippen LogP contribution in [0.4, 0.5) is 0 Å². The summed E-state index contributed by atoms with van der Waals surface area (Å²) in [6.45, 7) is 5.67. The van der Waals surface area contributed by atoms with Crippen molar-refractivity contribution >= 4 is 0 Å². The predicted molar refractivity (Wildman–Crippen MR) is 71.3 cm³/mol. The third-order valence-corrected chi connectivity index (χ3v) is 3.81. The number of rotatable bonds is 4. The number of hydrogen-bond acceptors (Lipinski definition) is 2. The summed E-state index contributed by atoms with van der Waals surface area (Å²) in [6, 6.07) is 6.42. The lowest BCUT2D eigenvalue weighted by Gasteiger charge is -2.26. The van der Waals surface area contributed by atoms with Crippen molar-refractivity contribution in [3.05, 3.63) is 29.3 Å². The fourth-order valence-electron chi connectivity index (χ4n) is 2.69. The summed E-state index contributed by atoms with van der Waals surface area (Å²) in [5.41, 5.74) is 2.49. The van der Waals surface area contributed by atoms with Gasteiger partial charge in [0.1, 0.15) is 5.75 Å². The number of phenols is 1. The quantitative estimate of drug-likeness (QED) is 0.862. The Bertz CT molecular complexity index is 387. The van der Waals surface area contributed by atoms with Crippen molar-refractivity contribution in [3.63, 3.8) is 0 Å². The smallest absolute Gasteiger partial charge is 0.119 e. The molecule has 1 aromatic rings. The first-order chi connectivity index (χ1) is 8.09. The van der Waals surface area contributed by atoms with Crippen molar-refractivity contribution in [2.75, 3.05) is 13.6 Å². The summed E-state index contributed by atoms with van der Waals surface area (Å²) in [5, 5.41) is 9.83. The van der Waals surface area contributed by atoms with Gasteiger partial charge in [-0.25, -0.2) is 0 Å². The van der Waals surface area contributed by atoms with Crippen LogP contribution in [-0.2, 0) is 6.42 Å². The highest BCUT2D eigenvalue weighted by Gasteiger charge is 2.27. The van der Waals surface area contributed by atoms with E-state index in [1.165, 1.54) is 12.0 Å². The van der Waals surface area contributed by atoms with Gasteiger partial charge < -0.3 is 5.11 Å². The Morgan fingerprint density at radius 1 is 1.41 bits per heavy atom. The lowest BCUT2D eigenvalue weighted by molar-refractivity contribution is 0.231. The lowest BCUT2D eigenvalue weighted by Crippen LogP contribution is -2.24. The predicted octanol–water partition coefficient (Wildman–Crippen LogP) is 3.36. The minimum Gasteiger partial charge on any atom is -0.508 e. The Morgan fingerprint density at radius 2 is 2.18 bits per heavy atom. The van der Waals surface area contributed by atoms with Crippen molar-refractivity contribution < 1.29 is 5.11 Å². The van der Waals surface area contributed by atoms with E-state index in [1.807, 2.05) is 6.07 Å². The molecule has 1 aliphatic carbocycles. The summed E-state index contributed by atoms with van der Waals surface area (Å²) in [7, 11) is 2.20.